The zero-order valence-electron chi connectivity index (χ0n) is 14.4. The van der Waals surface area contributed by atoms with E-state index < -0.39 is 0 Å². The number of hydrogen-bond acceptors (Lipinski definition) is 4. The summed E-state index contributed by atoms with van der Waals surface area (Å²) in [6.07, 6.45) is 7.29. The maximum Gasteiger partial charge on any atom is 0.174 e. The van der Waals surface area contributed by atoms with Crippen molar-refractivity contribution in [3.8, 4) is 0 Å². The predicted octanol–water partition coefficient (Wildman–Crippen LogP) is 4.07. The lowest BCUT2D eigenvalue weighted by Crippen LogP contribution is -2.28. The van der Waals surface area contributed by atoms with Crippen LogP contribution in [0.1, 0.15) is 68.9 Å². The van der Waals surface area contributed by atoms with Gasteiger partial charge < -0.3 is 4.90 Å². The van der Waals surface area contributed by atoms with E-state index in [0.29, 0.717) is 6.04 Å². The lowest BCUT2D eigenvalue weighted by Gasteiger charge is -2.30. The maximum absolute atomic E-state index is 4.39. The second kappa shape index (κ2) is 7.11. The summed E-state index contributed by atoms with van der Waals surface area (Å²) >= 11 is 0. The third kappa shape index (κ3) is 3.38. The van der Waals surface area contributed by atoms with E-state index in [1.165, 1.54) is 43.4 Å². The van der Waals surface area contributed by atoms with Crippen molar-refractivity contribution < 1.29 is 0 Å². The van der Waals surface area contributed by atoms with Crippen molar-refractivity contribution in [3.63, 3.8) is 0 Å². The first-order chi connectivity index (χ1) is 11.2. The number of rotatable bonds is 5. The summed E-state index contributed by atoms with van der Waals surface area (Å²) < 4.78 is 2.10. The second-order valence-electron chi connectivity index (χ2n) is 6.64. The number of benzene rings is 1. The molecule has 1 atom stereocenters. The van der Waals surface area contributed by atoms with Crippen LogP contribution >= 0.6 is 0 Å². The van der Waals surface area contributed by atoms with E-state index in [1.54, 1.807) is 0 Å². The Labute approximate surface area is 138 Å². The Hall–Kier alpha value is -1.91. The van der Waals surface area contributed by atoms with E-state index in [4.69, 9.17) is 0 Å². The highest BCUT2D eigenvalue weighted by atomic mass is 15.6. The molecule has 1 aliphatic rings. The summed E-state index contributed by atoms with van der Waals surface area (Å²) in [6.45, 7) is 4.32. The fourth-order valence-corrected chi connectivity index (χ4v) is 3.60. The van der Waals surface area contributed by atoms with E-state index >= 15 is 0 Å². The molecule has 5 nitrogen and oxygen atoms in total. The van der Waals surface area contributed by atoms with Gasteiger partial charge in [-0.2, -0.15) is 0 Å². The van der Waals surface area contributed by atoms with Crippen LogP contribution in [0.3, 0.4) is 0 Å². The highest BCUT2D eigenvalue weighted by molar-refractivity contribution is 5.48. The van der Waals surface area contributed by atoms with Crippen LogP contribution in [-0.2, 0) is 0 Å². The topological polar surface area (TPSA) is 46.8 Å². The molecule has 1 aromatic heterocycles. The van der Waals surface area contributed by atoms with Crippen LogP contribution in [0.25, 0.3) is 0 Å². The van der Waals surface area contributed by atoms with Gasteiger partial charge in [0.1, 0.15) is 0 Å². The molecule has 0 spiro atoms. The van der Waals surface area contributed by atoms with Crippen molar-refractivity contribution in [1.29, 1.82) is 0 Å². The normalized spacial score (nSPS) is 17.2. The van der Waals surface area contributed by atoms with Crippen LogP contribution < -0.4 is 4.90 Å². The van der Waals surface area contributed by atoms with Gasteiger partial charge in [-0.25, -0.2) is 4.68 Å². The smallest absolute Gasteiger partial charge is 0.174 e. The van der Waals surface area contributed by atoms with Crippen molar-refractivity contribution in [3.05, 3.63) is 35.7 Å². The lowest BCUT2D eigenvalue weighted by molar-refractivity contribution is 0.310. The minimum Gasteiger partial charge on any atom is -0.364 e. The van der Waals surface area contributed by atoms with E-state index in [0.717, 1.165) is 12.2 Å². The summed E-state index contributed by atoms with van der Waals surface area (Å²) in [5.41, 5.74) is 2.49. The van der Waals surface area contributed by atoms with Crippen LogP contribution in [0.5, 0.6) is 0 Å². The van der Waals surface area contributed by atoms with Crippen molar-refractivity contribution in [2.24, 2.45) is 0 Å². The highest BCUT2D eigenvalue weighted by Crippen LogP contribution is 2.32. The average Bonchev–Trinajstić information content (AvgIpc) is 3.06. The van der Waals surface area contributed by atoms with Gasteiger partial charge in [-0.1, -0.05) is 43.9 Å². The molecule has 1 heterocycles. The summed E-state index contributed by atoms with van der Waals surface area (Å²) in [6, 6.07) is 9.33. The zero-order valence-corrected chi connectivity index (χ0v) is 14.4. The SMILES string of the molecule is CC[C@H](c1nnnn1C1CCCCC1)N(C)c1ccc(C)cc1. The van der Waals surface area contributed by atoms with E-state index in [-0.39, 0.29) is 6.04 Å². The molecule has 23 heavy (non-hydrogen) atoms. The monoisotopic (exact) mass is 313 g/mol. The Morgan fingerprint density at radius 3 is 2.52 bits per heavy atom. The van der Waals surface area contributed by atoms with Crippen molar-refractivity contribution >= 4 is 5.69 Å². The van der Waals surface area contributed by atoms with Crippen molar-refractivity contribution in [2.45, 2.75) is 64.5 Å². The quantitative estimate of drug-likeness (QED) is 0.834. The lowest BCUT2D eigenvalue weighted by atomic mass is 9.95. The van der Waals surface area contributed by atoms with E-state index in [2.05, 4.69) is 70.3 Å². The number of aryl methyl sites for hydroxylation is 1. The van der Waals surface area contributed by atoms with Gasteiger partial charge in [-0.05, 0) is 48.7 Å². The molecule has 5 heteroatoms. The molecule has 0 N–H and O–H groups in total. The third-order valence-corrected chi connectivity index (χ3v) is 5.03. The molecule has 0 aliphatic heterocycles. The fraction of sp³-hybridized carbons (Fsp3) is 0.611. The summed E-state index contributed by atoms with van der Waals surface area (Å²) in [7, 11) is 2.14. The Balaban J connectivity index is 1.86. The molecule has 1 aliphatic carbocycles. The molecule has 1 saturated carbocycles. The fourth-order valence-electron chi connectivity index (χ4n) is 3.60. The van der Waals surface area contributed by atoms with Gasteiger partial charge in [0.25, 0.3) is 0 Å². The molecular weight excluding hydrogens is 286 g/mol. The molecule has 1 aromatic carbocycles. The Morgan fingerprint density at radius 2 is 1.87 bits per heavy atom. The summed E-state index contributed by atoms with van der Waals surface area (Å²) in [5, 5.41) is 12.7. The predicted molar refractivity (Wildman–Crippen MR) is 92.6 cm³/mol. The van der Waals surface area contributed by atoms with Gasteiger partial charge in [0, 0.05) is 12.7 Å². The van der Waals surface area contributed by atoms with Gasteiger partial charge >= 0.3 is 0 Å². The number of hydrogen-bond donors (Lipinski definition) is 0. The molecule has 0 bridgehead atoms. The molecule has 0 radical (unpaired) electrons. The number of tetrazole rings is 1. The van der Waals surface area contributed by atoms with Gasteiger partial charge in [-0.3, -0.25) is 0 Å². The second-order valence-corrected chi connectivity index (χ2v) is 6.64. The maximum atomic E-state index is 4.39. The molecule has 3 rings (SSSR count). The Bertz CT molecular complexity index is 613. The zero-order chi connectivity index (χ0) is 16.2. The Kier molecular flexibility index (Phi) is 4.94. The van der Waals surface area contributed by atoms with Crippen LogP contribution in [0.2, 0.25) is 0 Å². The third-order valence-electron chi connectivity index (χ3n) is 5.03. The molecular formula is C18H27N5. The standard InChI is InChI=1S/C18H27N5/c1-4-17(22(3)15-12-10-14(2)11-13-15)18-19-20-21-23(18)16-8-6-5-7-9-16/h10-13,16-17H,4-9H2,1-3H3/t17-/m1/s1. The number of anilines is 1. The van der Waals surface area contributed by atoms with Crippen LogP contribution in [0, 0.1) is 6.92 Å². The first-order valence-electron chi connectivity index (χ1n) is 8.78. The summed E-state index contributed by atoms with van der Waals surface area (Å²) in [5.74, 6) is 1.00. The van der Waals surface area contributed by atoms with E-state index in [9.17, 15) is 0 Å². The van der Waals surface area contributed by atoms with Crippen molar-refractivity contribution in [1.82, 2.24) is 20.2 Å². The minimum absolute atomic E-state index is 0.203. The molecule has 0 saturated heterocycles. The first kappa shape index (κ1) is 16.0. The molecule has 2 aromatic rings. The first-order valence-corrected chi connectivity index (χ1v) is 8.78. The van der Waals surface area contributed by atoms with Gasteiger partial charge in [0.05, 0.1) is 12.1 Å². The average molecular weight is 313 g/mol. The van der Waals surface area contributed by atoms with Crippen LogP contribution in [0.15, 0.2) is 24.3 Å². The van der Waals surface area contributed by atoms with Gasteiger partial charge in [-0.15, -0.1) is 5.10 Å². The summed E-state index contributed by atoms with van der Waals surface area (Å²) in [4.78, 5) is 2.30. The molecule has 1 fully saturated rings. The number of nitrogens with zero attached hydrogens (tertiary/aromatic N) is 5. The van der Waals surface area contributed by atoms with E-state index in [1.807, 2.05) is 0 Å². The van der Waals surface area contributed by atoms with Gasteiger partial charge in [0.2, 0.25) is 0 Å². The van der Waals surface area contributed by atoms with Gasteiger partial charge in [0.15, 0.2) is 5.82 Å². The van der Waals surface area contributed by atoms with Crippen molar-refractivity contribution in [2.75, 3.05) is 11.9 Å². The molecule has 124 valence electrons. The highest BCUT2D eigenvalue weighted by Gasteiger charge is 2.26. The minimum atomic E-state index is 0.203. The largest absolute Gasteiger partial charge is 0.364 e. The molecule has 0 amide bonds. The van der Waals surface area contributed by atoms with Crippen LogP contribution in [0.4, 0.5) is 5.69 Å². The Morgan fingerprint density at radius 1 is 1.17 bits per heavy atom. The molecule has 0 unspecified atom stereocenters. The number of aromatic nitrogens is 4. The van der Waals surface area contributed by atoms with Crippen LogP contribution in [-0.4, -0.2) is 27.3 Å².